The van der Waals surface area contributed by atoms with E-state index in [0.717, 1.165) is 46.5 Å². The second kappa shape index (κ2) is 6.36. The lowest BCUT2D eigenvalue weighted by molar-refractivity contribution is -0.132. The number of aryl methyl sites for hydroxylation is 1. The van der Waals surface area contributed by atoms with Crippen molar-refractivity contribution in [3.8, 4) is 11.1 Å². The lowest BCUT2D eigenvalue weighted by Crippen LogP contribution is -2.28. The van der Waals surface area contributed by atoms with Crippen molar-refractivity contribution < 1.29 is 14.7 Å². The Bertz CT molecular complexity index is 1110. The van der Waals surface area contributed by atoms with Crippen LogP contribution in [0.15, 0.2) is 30.1 Å². The Morgan fingerprint density at radius 3 is 2.57 bits per heavy atom. The summed E-state index contributed by atoms with van der Waals surface area (Å²) < 4.78 is 0. The van der Waals surface area contributed by atoms with Gasteiger partial charge in [-0.25, -0.2) is 9.59 Å². The summed E-state index contributed by atoms with van der Waals surface area (Å²) in [4.78, 5) is 29.8. The highest BCUT2D eigenvalue weighted by molar-refractivity contribution is 6.18. The molecule has 1 aromatic carbocycles. The van der Waals surface area contributed by atoms with Crippen molar-refractivity contribution in [3.63, 3.8) is 0 Å². The Balaban J connectivity index is 2.04. The molecular formula is C22H21N3O3. The van der Waals surface area contributed by atoms with Gasteiger partial charge in [0, 0.05) is 35.4 Å². The van der Waals surface area contributed by atoms with Crippen LogP contribution in [0.4, 0.5) is 11.4 Å². The number of nitrogens with two attached hydrogens (primary N) is 1. The monoisotopic (exact) mass is 375 g/mol. The van der Waals surface area contributed by atoms with Crippen molar-refractivity contribution in [2.75, 3.05) is 10.6 Å². The number of carbonyl (C=O) groups excluding carboxylic acids is 1. The van der Waals surface area contributed by atoms with Crippen LogP contribution in [0.25, 0.3) is 16.7 Å². The number of carboxylic acids is 1. The summed E-state index contributed by atoms with van der Waals surface area (Å²) in [6.45, 7) is 5.96. The van der Waals surface area contributed by atoms with Crippen LogP contribution in [0.2, 0.25) is 0 Å². The Morgan fingerprint density at radius 1 is 1.25 bits per heavy atom. The van der Waals surface area contributed by atoms with Crippen molar-refractivity contribution in [2.45, 2.75) is 39.7 Å². The van der Waals surface area contributed by atoms with Crippen LogP contribution in [0, 0.1) is 20.8 Å². The van der Waals surface area contributed by atoms with Crippen LogP contribution in [-0.4, -0.2) is 28.0 Å². The number of pyridine rings is 1. The van der Waals surface area contributed by atoms with Gasteiger partial charge in [0.2, 0.25) is 0 Å². The highest BCUT2D eigenvalue weighted by Crippen LogP contribution is 2.48. The van der Waals surface area contributed by atoms with Crippen molar-refractivity contribution in [3.05, 3.63) is 52.5 Å². The number of carboxylic acid groups (broad SMARTS) is 1. The number of carbonyl (C=O) groups is 1. The molecule has 0 unspecified atom stereocenters. The summed E-state index contributed by atoms with van der Waals surface area (Å²) in [7, 11) is 0. The van der Waals surface area contributed by atoms with Crippen LogP contribution < -0.4 is 10.6 Å². The molecule has 6 nitrogen and oxygen atoms in total. The number of hydrogen-bond donors (Lipinski definition) is 2. The van der Waals surface area contributed by atoms with E-state index >= 15 is 0 Å². The topological polar surface area (TPSA) is 96.5 Å². The van der Waals surface area contributed by atoms with Gasteiger partial charge in [-0.2, -0.15) is 0 Å². The number of nitrogens with zero attached hydrogens (tertiary/aromatic N) is 2. The maximum atomic E-state index is 11.7. The van der Waals surface area contributed by atoms with Crippen molar-refractivity contribution in [1.29, 1.82) is 0 Å². The van der Waals surface area contributed by atoms with E-state index in [1.54, 1.807) is 12.4 Å². The zero-order chi connectivity index (χ0) is 20.2. The van der Waals surface area contributed by atoms with Crippen LogP contribution >= 0.6 is 0 Å². The van der Waals surface area contributed by atoms with Gasteiger partial charge in [-0.05, 0) is 68.0 Å². The molecule has 2 aliphatic rings. The molecule has 3 N–H and O–H groups in total. The van der Waals surface area contributed by atoms with E-state index in [-0.39, 0.29) is 17.2 Å². The first-order valence-electron chi connectivity index (χ1n) is 9.20. The first-order chi connectivity index (χ1) is 13.3. The van der Waals surface area contributed by atoms with Gasteiger partial charge >= 0.3 is 5.97 Å². The van der Waals surface area contributed by atoms with E-state index in [4.69, 9.17) is 5.73 Å². The molecule has 0 saturated heterocycles. The summed E-state index contributed by atoms with van der Waals surface area (Å²) in [6.07, 6.45) is 5.27. The average Bonchev–Trinajstić information content (AvgIpc) is 3.50. The minimum atomic E-state index is -1.16. The fourth-order valence-corrected chi connectivity index (χ4v) is 3.90. The highest BCUT2D eigenvalue weighted by atomic mass is 16.4. The van der Waals surface area contributed by atoms with E-state index in [1.165, 1.54) is 0 Å². The largest absolute Gasteiger partial charge is 0.478 e. The van der Waals surface area contributed by atoms with Crippen LogP contribution in [0.5, 0.6) is 0 Å². The molecule has 1 saturated carbocycles. The average molecular weight is 375 g/mol. The van der Waals surface area contributed by atoms with Crippen molar-refractivity contribution in [1.82, 2.24) is 4.98 Å². The SMILES string of the molecule is Cc1nccc(-c2cc(N)c3c(c2C)N(C2CC2)C=C(C(=O)O)C3=C=O)c1C. The molecule has 0 atom stereocenters. The molecule has 6 heteroatoms. The van der Waals surface area contributed by atoms with Crippen molar-refractivity contribution in [2.24, 2.45) is 0 Å². The molecule has 1 aliphatic carbocycles. The summed E-state index contributed by atoms with van der Waals surface area (Å²) in [6, 6.07) is 3.99. The number of aliphatic carboxylic acids is 1. The number of benzene rings is 1. The minimum absolute atomic E-state index is 0.00850. The van der Waals surface area contributed by atoms with Gasteiger partial charge in [0.25, 0.3) is 0 Å². The molecule has 1 aliphatic heterocycles. The second-order valence-electron chi connectivity index (χ2n) is 7.39. The van der Waals surface area contributed by atoms with Gasteiger partial charge in [-0.1, -0.05) is 0 Å². The maximum absolute atomic E-state index is 11.7. The predicted molar refractivity (Wildman–Crippen MR) is 109 cm³/mol. The van der Waals surface area contributed by atoms with Gasteiger partial charge in [0.05, 0.1) is 16.8 Å². The smallest absolute Gasteiger partial charge is 0.338 e. The van der Waals surface area contributed by atoms with Gasteiger partial charge in [0.1, 0.15) is 5.94 Å². The van der Waals surface area contributed by atoms with Gasteiger partial charge in [-0.3, -0.25) is 4.98 Å². The number of nitrogen functional groups attached to an aromatic ring is 1. The maximum Gasteiger partial charge on any atom is 0.338 e. The molecule has 1 fully saturated rings. The molecule has 28 heavy (non-hydrogen) atoms. The van der Waals surface area contributed by atoms with Crippen LogP contribution in [0.1, 0.15) is 35.2 Å². The quantitative estimate of drug-likeness (QED) is 0.630. The summed E-state index contributed by atoms with van der Waals surface area (Å²) in [5.41, 5.74) is 12.9. The normalized spacial score (nSPS) is 15.8. The van der Waals surface area contributed by atoms with E-state index in [9.17, 15) is 14.7 Å². The summed E-state index contributed by atoms with van der Waals surface area (Å²) in [5, 5.41) is 9.60. The Labute approximate surface area is 163 Å². The lowest BCUT2D eigenvalue weighted by atomic mass is 9.86. The summed E-state index contributed by atoms with van der Waals surface area (Å²) in [5.74, 6) is 0.664. The van der Waals surface area contributed by atoms with Crippen molar-refractivity contribution >= 4 is 28.9 Å². The third-order valence-corrected chi connectivity index (χ3v) is 5.65. The zero-order valence-electron chi connectivity index (χ0n) is 16.0. The fourth-order valence-electron chi connectivity index (χ4n) is 3.90. The van der Waals surface area contributed by atoms with Crippen LogP contribution in [0.3, 0.4) is 0 Å². The van der Waals surface area contributed by atoms with Crippen LogP contribution in [-0.2, 0) is 9.59 Å². The third-order valence-electron chi connectivity index (χ3n) is 5.65. The van der Waals surface area contributed by atoms with Gasteiger partial charge < -0.3 is 15.7 Å². The lowest BCUT2D eigenvalue weighted by Gasteiger charge is -2.32. The molecule has 0 spiro atoms. The number of anilines is 2. The number of fused-ring (bicyclic) bond motifs is 1. The van der Waals surface area contributed by atoms with E-state index in [0.29, 0.717) is 11.3 Å². The Kier molecular flexibility index (Phi) is 4.09. The first-order valence-corrected chi connectivity index (χ1v) is 9.20. The van der Waals surface area contributed by atoms with E-state index in [1.807, 2.05) is 43.7 Å². The Morgan fingerprint density at radius 2 is 1.96 bits per heavy atom. The second-order valence-corrected chi connectivity index (χ2v) is 7.39. The number of hydrogen-bond acceptors (Lipinski definition) is 5. The van der Waals surface area contributed by atoms with E-state index < -0.39 is 5.97 Å². The molecule has 0 radical (unpaired) electrons. The molecule has 0 bridgehead atoms. The third kappa shape index (κ3) is 2.62. The number of aromatic nitrogens is 1. The molecule has 2 aromatic rings. The zero-order valence-corrected chi connectivity index (χ0v) is 16.0. The first kappa shape index (κ1) is 18.0. The predicted octanol–water partition coefficient (Wildman–Crippen LogP) is 3.42. The Hall–Kier alpha value is -3.37. The number of rotatable bonds is 3. The van der Waals surface area contributed by atoms with Gasteiger partial charge in [-0.15, -0.1) is 0 Å². The summed E-state index contributed by atoms with van der Waals surface area (Å²) >= 11 is 0. The molecule has 2 heterocycles. The molecule has 1 aromatic heterocycles. The standard InChI is InChI=1S/C22H21N3O3/c1-11-13(3)24-7-6-15(11)16-8-19(23)20-18(10-26)17(22(27)28)9-25(14-4-5-14)21(20)12(16)2/h6-9,14H,4-5,23H2,1-3H3,(H,27,28). The van der Waals surface area contributed by atoms with E-state index in [2.05, 4.69) is 4.98 Å². The van der Waals surface area contributed by atoms with Gasteiger partial charge in [0.15, 0.2) is 0 Å². The molecular weight excluding hydrogens is 354 g/mol. The highest BCUT2D eigenvalue weighted by Gasteiger charge is 2.38. The minimum Gasteiger partial charge on any atom is -0.478 e. The molecule has 0 amide bonds. The molecule has 4 rings (SSSR count). The fraction of sp³-hybridized carbons (Fsp3) is 0.273. The molecule has 142 valence electrons.